The molecule has 22 heavy (non-hydrogen) atoms. The number of piperidine rings is 1. The number of nitrogens with two attached hydrogens (primary N) is 1. The SMILES string of the molecule is COC1CCN(S(=O)(=O)c2ccc(C)cc2Cl)C(CN)C1.Cl. The molecular weight excluding hydrogens is 347 g/mol. The van der Waals surface area contributed by atoms with Crippen molar-refractivity contribution in [3.05, 3.63) is 28.8 Å². The molecule has 2 atom stereocenters. The Morgan fingerprint density at radius 1 is 1.45 bits per heavy atom. The third-order valence-electron chi connectivity index (χ3n) is 3.89. The number of nitrogens with zero attached hydrogens (tertiary/aromatic N) is 1. The Kier molecular flexibility index (Phi) is 7.11. The molecule has 0 radical (unpaired) electrons. The zero-order valence-corrected chi connectivity index (χ0v) is 15.0. The van der Waals surface area contributed by atoms with Gasteiger partial charge < -0.3 is 10.5 Å². The second-order valence-electron chi connectivity index (χ2n) is 5.32. The summed E-state index contributed by atoms with van der Waals surface area (Å²) in [6, 6.07) is 4.71. The highest BCUT2D eigenvalue weighted by Crippen LogP contribution is 2.30. The number of methoxy groups -OCH3 is 1. The molecule has 0 saturated carbocycles. The molecule has 126 valence electrons. The van der Waals surface area contributed by atoms with Gasteiger partial charge in [-0.1, -0.05) is 17.7 Å². The van der Waals surface area contributed by atoms with Gasteiger partial charge in [0.1, 0.15) is 4.90 Å². The highest BCUT2D eigenvalue weighted by molar-refractivity contribution is 7.89. The second-order valence-corrected chi connectivity index (χ2v) is 7.59. The lowest BCUT2D eigenvalue weighted by atomic mass is 10.0. The second kappa shape index (κ2) is 7.95. The molecule has 0 aliphatic carbocycles. The number of halogens is 2. The van der Waals surface area contributed by atoms with Crippen LogP contribution in [0.25, 0.3) is 0 Å². The maximum absolute atomic E-state index is 12.8. The predicted molar refractivity (Wildman–Crippen MR) is 90.2 cm³/mol. The molecule has 1 fully saturated rings. The van der Waals surface area contributed by atoms with E-state index in [1.165, 1.54) is 4.31 Å². The maximum atomic E-state index is 12.8. The fraction of sp³-hybridized carbons (Fsp3) is 0.571. The number of benzene rings is 1. The molecule has 0 aromatic heterocycles. The summed E-state index contributed by atoms with van der Waals surface area (Å²) in [6.45, 7) is 2.53. The average molecular weight is 369 g/mol. The van der Waals surface area contributed by atoms with Crippen LogP contribution in [0, 0.1) is 6.92 Å². The number of rotatable bonds is 4. The number of ether oxygens (including phenoxy) is 1. The van der Waals surface area contributed by atoms with E-state index in [9.17, 15) is 8.42 Å². The van der Waals surface area contributed by atoms with Crippen molar-refractivity contribution in [3.63, 3.8) is 0 Å². The van der Waals surface area contributed by atoms with E-state index in [4.69, 9.17) is 22.1 Å². The van der Waals surface area contributed by atoms with E-state index in [1.54, 1.807) is 25.3 Å². The van der Waals surface area contributed by atoms with Crippen molar-refractivity contribution in [2.45, 2.75) is 36.8 Å². The highest BCUT2D eigenvalue weighted by Gasteiger charge is 2.37. The van der Waals surface area contributed by atoms with Crippen molar-refractivity contribution in [1.29, 1.82) is 0 Å². The van der Waals surface area contributed by atoms with Crippen LogP contribution >= 0.6 is 24.0 Å². The lowest BCUT2D eigenvalue weighted by molar-refractivity contribution is 0.0401. The van der Waals surface area contributed by atoms with E-state index in [-0.39, 0.29) is 41.0 Å². The minimum atomic E-state index is -3.64. The monoisotopic (exact) mass is 368 g/mol. The van der Waals surface area contributed by atoms with E-state index in [0.717, 1.165) is 5.56 Å². The number of aryl methyl sites for hydroxylation is 1. The fourth-order valence-corrected chi connectivity index (χ4v) is 4.91. The van der Waals surface area contributed by atoms with Gasteiger partial charge in [-0.05, 0) is 37.5 Å². The van der Waals surface area contributed by atoms with Crippen molar-refractivity contribution < 1.29 is 13.2 Å². The molecule has 1 aromatic carbocycles. The van der Waals surface area contributed by atoms with E-state index >= 15 is 0 Å². The van der Waals surface area contributed by atoms with Gasteiger partial charge in [-0.3, -0.25) is 0 Å². The Hall–Kier alpha value is -0.370. The summed E-state index contributed by atoms with van der Waals surface area (Å²) in [6.07, 6.45) is 1.32. The van der Waals surface area contributed by atoms with Crippen molar-refractivity contribution in [1.82, 2.24) is 4.31 Å². The zero-order chi connectivity index (χ0) is 15.6. The molecule has 0 spiro atoms. The first-order chi connectivity index (χ1) is 9.90. The smallest absolute Gasteiger partial charge is 0.244 e. The third-order valence-corrected chi connectivity index (χ3v) is 6.33. The van der Waals surface area contributed by atoms with Gasteiger partial charge in [0, 0.05) is 26.2 Å². The predicted octanol–water partition coefficient (Wildman–Crippen LogP) is 2.20. The van der Waals surface area contributed by atoms with Crippen molar-refractivity contribution in [2.24, 2.45) is 5.73 Å². The minimum Gasteiger partial charge on any atom is -0.381 e. The normalized spacial score (nSPS) is 23.1. The van der Waals surface area contributed by atoms with E-state index in [2.05, 4.69) is 0 Å². The van der Waals surface area contributed by atoms with Gasteiger partial charge in [-0.25, -0.2) is 8.42 Å². The molecule has 1 saturated heterocycles. The molecule has 2 rings (SSSR count). The fourth-order valence-electron chi connectivity index (χ4n) is 2.68. The van der Waals surface area contributed by atoms with E-state index in [1.807, 2.05) is 6.92 Å². The first-order valence-corrected chi connectivity index (χ1v) is 8.72. The van der Waals surface area contributed by atoms with Crippen LogP contribution in [0.5, 0.6) is 0 Å². The molecule has 0 bridgehead atoms. The van der Waals surface area contributed by atoms with Gasteiger partial charge in [0.2, 0.25) is 10.0 Å². The average Bonchev–Trinajstić information content (AvgIpc) is 2.46. The lowest BCUT2D eigenvalue weighted by Crippen LogP contribution is -2.51. The zero-order valence-electron chi connectivity index (χ0n) is 12.7. The van der Waals surface area contributed by atoms with Gasteiger partial charge in [0.15, 0.2) is 0 Å². The van der Waals surface area contributed by atoms with Gasteiger partial charge in [-0.15, -0.1) is 12.4 Å². The van der Waals surface area contributed by atoms with Crippen LogP contribution in [-0.4, -0.2) is 45.1 Å². The van der Waals surface area contributed by atoms with E-state index < -0.39 is 10.0 Å². The summed E-state index contributed by atoms with van der Waals surface area (Å²) in [5.41, 5.74) is 6.68. The molecular formula is C14H22Cl2N2O3S. The third kappa shape index (κ3) is 3.93. The molecule has 1 aliphatic heterocycles. The van der Waals surface area contributed by atoms with Crippen LogP contribution in [0.15, 0.2) is 23.1 Å². The van der Waals surface area contributed by atoms with Crippen LogP contribution in [-0.2, 0) is 14.8 Å². The maximum Gasteiger partial charge on any atom is 0.244 e. The molecule has 1 aliphatic rings. The Labute approximate surface area is 143 Å². The Morgan fingerprint density at radius 3 is 2.68 bits per heavy atom. The van der Waals surface area contributed by atoms with Crippen LogP contribution < -0.4 is 5.73 Å². The number of sulfonamides is 1. The standard InChI is InChI=1S/C14H21ClN2O3S.ClH/c1-10-3-4-14(13(15)7-10)21(18,19)17-6-5-12(20-2)8-11(17)9-16;/h3-4,7,11-12H,5-6,8-9,16H2,1-2H3;1H. The van der Waals surface area contributed by atoms with Crippen LogP contribution in [0.4, 0.5) is 0 Å². The molecule has 2 unspecified atom stereocenters. The van der Waals surface area contributed by atoms with Crippen molar-refractivity contribution >= 4 is 34.0 Å². The molecule has 5 nitrogen and oxygen atoms in total. The van der Waals surface area contributed by atoms with Crippen LogP contribution in [0.1, 0.15) is 18.4 Å². The summed E-state index contributed by atoms with van der Waals surface area (Å²) in [4.78, 5) is 0.143. The highest BCUT2D eigenvalue weighted by atomic mass is 35.5. The van der Waals surface area contributed by atoms with Crippen molar-refractivity contribution in [2.75, 3.05) is 20.2 Å². The van der Waals surface area contributed by atoms with Gasteiger partial charge >= 0.3 is 0 Å². The number of hydrogen-bond acceptors (Lipinski definition) is 4. The Bertz CT molecular complexity index is 610. The summed E-state index contributed by atoms with van der Waals surface area (Å²) in [5, 5.41) is 0.250. The summed E-state index contributed by atoms with van der Waals surface area (Å²) in [7, 11) is -2.00. The first-order valence-electron chi connectivity index (χ1n) is 6.91. The minimum absolute atomic E-state index is 0. The molecule has 2 N–H and O–H groups in total. The summed E-state index contributed by atoms with van der Waals surface area (Å²) in [5.74, 6) is 0. The largest absolute Gasteiger partial charge is 0.381 e. The van der Waals surface area contributed by atoms with Crippen LogP contribution in [0.2, 0.25) is 5.02 Å². The van der Waals surface area contributed by atoms with Gasteiger partial charge in [-0.2, -0.15) is 4.31 Å². The number of hydrogen-bond donors (Lipinski definition) is 1. The Morgan fingerprint density at radius 2 is 2.14 bits per heavy atom. The topological polar surface area (TPSA) is 72.6 Å². The van der Waals surface area contributed by atoms with Crippen molar-refractivity contribution in [3.8, 4) is 0 Å². The molecule has 1 heterocycles. The quantitative estimate of drug-likeness (QED) is 0.883. The van der Waals surface area contributed by atoms with E-state index in [0.29, 0.717) is 19.4 Å². The lowest BCUT2D eigenvalue weighted by Gasteiger charge is -2.37. The molecule has 1 aromatic rings. The first kappa shape index (κ1) is 19.7. The van der Waals surface area contributed by atoms with Gasteiger partial charge in [0.25, 0.3) is 0 Å². The van der Waals surface area contributed by atoms with Crippen LogP contribution in [0.3, 0.4) is 0 Å². The van der Waals surface area contributed by atoms with Gasteiger partial charge in [0.05, 0.1) is 11.1 Å². The molecule has 0 amide bonds. The molecule has 8 heteroatoms. The Balaban J connectivity index is 0.00000242. The summed E-state index contributed by atoms with van der Waals surface area (Å²) < 4.78 is 32.4. The summed E-state index contributed by atoms with van der Waals surface area (Å²) >= 11 is 6.12.